The minimum atomic E-state index is 0.181. The van der Waals surface area contributed by atoms with Crippen LogP contribution in [0.4, 0.5) is 11.4 Å². The Balaban J connectivity index is 0.000000671. The molecule has 0 fully saturated rings. The molecule has 3 rings (SSSR count). The summed E-state index contributed by atoms with van der Waals surface area (Å²) in [5.74, 6) is 0.181. The number of aryl methyl sites for hydroxylation is 1. The highest BCUT2D eigenvalue weighted by Crippen LogP contribution is 2.38. The maximum atomic E-state index is 10.4. The first kappa shape index (κ1) is 19.4. The maximum absolute atomic E-state index is 10.4. The summed E-state index contributed by atoms with van der Waals surface area (Å²) in [5.41, 5.74) is 2.19. The Morgan fingerprint density at radius 3 is 2.00 bits per heavy atom. The van der Waals surface area contributed by atoms with Gasteiger partial charge in [-0.05, 0) is 36.1 Å². The SMILES string of the molecule is CC.CC.Cc1cc2ccccc2c(O)c1N=Nc1ccccc1. The van der Waals surface area contributed by atoms with Crippen LogP contribution in [0.1, 0.15) is 33.3 Å². The van der Waals surface area contributed by atoms with E-state index in [9.17, 15) is 5.11 Å². The van der Waals surface area contributed by atoms with E-state index in [2.05, 4.69) is 10.2 Å². The molecule has 3 aromatic carbocycles. The summed E-state index contributed by atoms with van der Waals surface area (Å²) in [6, 6.07) is 19.2. The van der Waals surface area contributed by atoms with Gasteiger partial charge < -0.3 is 5.11 Å². The van der Waals surface area contributed by atoms with Crippen LogP contribution in [0, 0.1) is 6.92 Å². The monoisotopic (exact) mass is 322 g/mol. The predicted octanol–water partition coefficient (Wildman–Crippen LogP) is 7.32. The quantitative estimate of drug-likeness (QED) is 0.493. The van der Waals surface area contributed by atoms with Gasteiger partial charge in [0.05, 0.1) is 5.69 Å². The Labute approximate surface area is 144 Å². The first-order chi connectivity index (χ1) is 11.8. The van der Waals surface area contributed by atoms with Crippen LogP contribution in [0.3, 0.4) is 0 Å². The maximum Gasteiger partial charge on any atom is 0.151 e. The van der Waals surface area contributed by atoms with Gasteiger partial charge in [0, 0.05) is 5.39 Å². The van der Waals surface area contributed by atoms with Crippen molar-refractivity contribution in [3.05, 3.63) is 66.2 Å². The second kappa shape index (κ2) is 10.2. The molecule has 0 aromatic heterocycles. The number of fused-ring (bicyclic) bond motifs is 1. The standard InChI is InChI=1S/C17H14N2O.2C2H6/c1-12-11-13-7-5-6-10-15(13)17(20)16(12)19-18-14-8-3-2-4-9-14;2*1-2/h2-11,20H,1H3;2*1-2H3. The molecule has 3 heteroatoms. The van der Waals surface area contributed by atoms with Crippen LogP contribution in [-0.2, 0) is 0 Å². The van der Waals surface area contributed by atoms with Gasteiger partial charge in [0.2, 0.25) is 0 Å². The molecule has 0 saturated heterocycles. The molecule has 0 atom stereocenters. The lowest BCUT2D eigenvalue weighted by Gasteiger charge is -2.07. The zero-order valence-electron chi connectivity index (χ0n) is 15.1. The Morgan fingerprint density at radius 1 is 0.750 bits per heavy atom. The summed E-state index contributed by atoms with van der Waals surface area (Å²) >= 11 is 0. The highest BCUT2D eigenvalue weighted by Gasteiger charge is 2.09. The van der Waals surface area contributed by atoms with Crippen molar-refractivity contribution in [3.8, 4) is 5.75 Å². The minimum Gasteiger partial charge on any atom is -0.505 e. The van der Waals surface area contributed by atoms with E-state index in [-0.39, 0.29) is 5.75 Å². The van der Waals surface area contributed by atoms with Gasteiger partial charge in [-0.1, -0.05) is 70.2 Å². The lowest BCUT2D eigenvalue weighted by atomic mass is 10.0. The Kier molecular flexibility index (Phi) is 8.20. The zero-order chi connectivity index (χ0) is 17.9. The van der Waals surface area contributed by atoms with E-state index < -0.39 is 0 Å². The van der Waals surface area contributed by atoms with Crippen LogP contribution in [-0.4, -0.2) is 5.11 Å². The lowest BCUT2D eigenvalue weighted by Crippen LogP contribution is -1.80. The number of hydrogen-bond donors (Lipinski definition) is 1. The van der Waals surface area contributed by atoms with Gasteiger partial charge in [-0.3, -0.25) is 0 Å². The van der Waals surface area contributed by atoms with Gasteiger partial charge in [-0.25, -0.2) is 0 Å². The lowest BCUT2D eigenvalue weighted by molar-refractivity contribution is 0.482. The normalized spacial score (nSPS) is 9.88. The van der Waals surface area contributed by atoms with Gasteiger partial charge in [-0.15, -0.1) is 5.11 Å². The molecule has 1 N–H and O–H groups in total. The molecule has 126 valence electrons. The summed E-state index contributed by atoms with van der Waals surface area (Å²) in [6.07, 6.45) is 0. The molecule has 0 spiro atoms. The van der Waals surface area contributed by atoms with Gasteiger partial charge in [0.1, 0.15) is 5.69 Å². The second-order valence-electron chi connectivity index (χ2n) is 4.65. The van der Waals surface area contributed by atoms with Crippen molar-refractivity contribution in [1.82, 2.24) is 0 Å². The molecule has 0 radical (unpaired) electrons. The molecule has 0 aliphatic carbocycles. The fourth-order valence-corrected chi connectivity index (χ4v) is 2.18. The van der Waals surface area contributed by atoms with Gasteiger partial charge >= 0.3 is 0 Å². The summed E-state index contributed by atoms with van der Waals surface area (Å²) in [6.45, 7) is 9.92. The highest BCUT2D eigenvalue weighted by atomic mass is 16.3. The van der Waals surface area contributed by atoms with E-state index in [1.54, 1.807) is 0 Å². The molecular weight excluding hydrogens is 296 g/mol. The zero-order valence-corrected chi connectivity index (χ0v) is 15.1. The fraction of sp³-hybridized carbons (Fsp3) is 0.238. The van der Waals surface area contributed by atoms with Gasteiger partial charge in [0.25, 0.3) is 0 Å². The Bertz CT molecular complexity index is 780. The molecule has 0 heterocycles. The van der Waals surface area contributed by atoms with Crippen LogP contribution in [0.5, 0.6) is 5.75 Å². The van der Waals surface area contributed by atoms with E-state index in [1.807, 2.05) is 95.3 Å². The number of rotatable bonds is 2. The number of aromatic hydroxyl groups is 1. The molecule has 0 aliphatic heterocycles. The summed E-state index contributed by atoms with van der Waals surface area (Å²) in [5, 5.41) is 20.5. The molecule has 0 unspecified atom stereocenters. The third-order valence-electron chi connectivity index (χ3n) is 3.21. The van der Waals surface area contributed by atoms with E-state index in [1.165, 1.54) is 0 Å². The molecule has 0 amide bonds. The Hall–Kier alpha value is -2.68. The predicted molar refractivity (Wildman–Crippen MR) is 104 cm³/mol. The van der Waals surface area contributed by atoms with Crippen molar-refractivity contribution in [2.75, 3.05) is 0 Å². The van der Waals surface area contributed by atoms with E-state index >= 15 is 0 Å². The largest absolute Gasteiger partial charge is 0.505 e. The molecular formula is C21H26N2O. The Morgan fingerprint density at radius 2 is 1.33 bits per heavy atom. The van der Waals surface area contributed by atoms with Crippen molar-refractivity contribution in [1.29, 1.82) is 0 Å². The van der Waals surface area contributed by atoms with E-state index in [4.69, 9.17) is 0 Å². The molecule has 3 aromatic rings. The fourth-order valence-electron chi connectivity index (χ4n) is 2.18. The van der Waals surface area contributed by atoms with Gasteiger partial charge in [-0.2, -0.15) is 5.11 Å². The van der Waals surface area contributed by atoms with Crippen molar-refractivity contribution >= 4 is 22.1 Å². The van der Waals surface area contributed by atoms with Crippen LogP contribution >= 0.6 is 0 Å². The number of hydrogen-bond acceptors (Lipinski definition) is 3. The molecule has 0 aliphatic rings. The number of nitrogens with zero attached hydrogens (tertiary/aromatic N) is 2. The van der Waals surface area contributed by atoms with Gasteiger partial charge in [0.15, 0.2) is 5.75 Å². The number of benzene rings is 3. The minimum absolute atomic E-state index is 0.181. The average molecular weight is 322 g/mol. The number of phenolic OH excluding ortho intramolecular Hbond substituents is 1. The van der Waals surface area contributed by atoms with Crippen LogP contribution in [0.2, 0.25) is 0 Å². The smallest absolute Gasteiger partial charge is 0.151 e. The third-order valence-corrected chi connectivity index (χ3v) is 3.21. The highest BCUT2D eigenvalue weighted by molar-refractivity contribution is 5.93. The van der Waals surface area contributed by atoms with Crippen molar-refractivity contribution < 1.29 is 5.11 Å². The van der Waals surface area contributed by atoms with E-state index in [0.29, 0.717) is 5.69 Å². The topological polar surface area (TPSA) is 45.0 Å². The number of phenols is 1. The van der Waals surface area contributed by atoms with Crippen molar-refractivity contribution in [2.45, 2.75) is 34.6 Å². The third kappa shape index (κ3) is 4.66. The first-order valence-corrected chi connectivity index (χ1v) is 8.44. The average Bonchev–Trinajstić information content (AvgIpc) is 2.66. The van der Waals surface area contributed by atoms with E-state index in [0.717, 1.165) is 22.0 Å². The summed E-state index contributed by atoms with van der Waals surface area (Å²) in [7, 11) is 0. The van der Waals surface area contributed by atoms with Crippen molar-refractivity contribution in [3.63, 3.8) is 0 Å². The first-order valence-electron chi connectivity index (χ1n) is 8.44. The van der Waals surface area contributed by atoms with Crippen LogP contribution < -0.4 is 0 Å². The molecule has 0 saturated carbocycles. The number of azo groups is 1. The van der Waals surface area contributed by atoms with Crippen LogP contribution in [0.25, 0.3) is 10.8 Å². The summed E-state index contributed by atoms with van der Waals surface area (Å²) < 4.78 is 0. The van der Waals surface area contributed by atoms with Crippen molar-refractivity contribution in [2.24, 2.45) is 10.2 Å². The molecule has 24 heavy (non-hydrogen) atoms. The molecule has 0 bridgehead atoms. The summed E-state index contributed by atoms with van der Waals surface area (Å²) in [4.78, 5) is 0. The van der Waals surface area contributed by atoms with Crippen LogP contribution in [0.15, 0.2) is 70.9 Å². The molecule has 3 nitrogen and oxygen atoms in total. The second-order valence-corrected chi connectivity index (χ2v) is 4.65.